The van der Waals surface area contributed by atoms with Crippen LogP contribution in [0, 0.1) is 0 Å². The first-order valence-electron chi connectivity index (χ1n) is 5.51. The van der Waals surface area contributed by atoms with Gasteiger partial charge in [-0.1, -0.05) is 28.4 Å². The second kappa shape index (κ2) is 6.88. The Kier molecular flexibility index (Phi) is 4.92. The van der Waals surface area contributed by atoms with E-state index in [4.69, 9.17) is 23.2 Å². The van der Waals surface area contributed by atoms with Gasteiger partial charge in [0.1, 0.15) is 0 Å². The van der Waals surface area contributed by atoms with Crippen LogP contribution in [0.1, 0.15) is 5.56 Å². The third kappa shape index (κ3) is 4.22. The monoisotopic (exact) mass is 309 g/mol. The second-order valence-electron chi connectivity index (χ2n) is 3.65. The molecular weight excluding hydrogens is 301 g/mol. The van der Waals surface area contributed by atoms with Gasteiger partial charge in [0, 0.05) is 18.1 Å². The van der Waals surface area contributed by atoms with E-state index in [0.717, 1.165) is 5.56 Å². The fourth-order valence-electron chi connectivity index (χ4n) is 1.30. The predicted molar refractivity (Wildman–Crippen MR) is 78.4 cm³/mol. The number of halogens is 2. The molecule has 2 rings (SSSR count). The normalized spacial score (nSPS) is 10.5. The lowest BCUT2D eigenvalue weighted by atomic mass is 10.3. The summed E-state index contributed by atoms with van der Waals surface area (Å²) in [5, 5.41) is 6.76. The third-order valence-electron chi connectivity index (χ3n) is 2.21. The summed E-state index contributed by atoms with van der Waals surface area (Å²) in [5.41, 5.74) is 1.23. The molecule has 0 spiro atoms. The first kappa shape index (κ1) is 14.3. The summed E-state index contributed by atoms with van der Waals surface area (Å²) in [5.74, 6) is 0. The molecule has 1 heterocycles. The van der Waals surface area contributed by atoms with Gasteiger partial charge in [-0.2, -0.15) is 0 Å². The van der Waals surface area contributed by atoms with E-state index in [1.807, 2.05) is 0 Å². The molecule has 1 amide bonds. The molecule has 0 aliphatic carbocycles. The molecule has 1 aromatic carbocycles. The van der Waals surface area contributed by atoms with E-state index in [9.17, 15) is 4.79 Å². The number of amides is 1. The van der Waals surface area contributed by atoms with E-state index < -0.39 is 6.09 Å². The van der Waals surface area contributed by atoms with Crippen molar-refractivity contribution in [2.75, 3.05) is 5.32 Å². The lowest BCUT2D eigenvalue weighted by molar-refractivity contribution is 0.167. The zero-order valence-corrected chi connectivity index (χ0v) is 11.6. The topological polar surface area (TPSA) is 63.6 Å². The second-order valence-corrected chi connectivity index (χ2v) is 4.46. The van der Waals surface area contributed by atoms with Gasteiger partial charge in [0.05, 0.1) is 16.3 Å². The highest BCUT2D eigenvalue weighted by molar-refractivity contribution is 6.42. The van der Waals surface area contributed by atoms with Crippen molar-refractivity contribution < 1.29 is 9.63 Å². The maximum Gasteiger partial charge on any atom is 0.437 e. The minimum Gasteiger partial charge on any atom is -0.298 e. The molecule has 1 N–H and O–H groups in total. The zero-order valence-electron chi connectivity index (χ0n) is 10.1. The molecule has 0 unspecified atom stereocenters. The van der Waals surface area contributed by atoms with Crippen LogP contribution < -0.4 is 5.32 Å². The maximum absolute atomic E-state index is 11.5. The van der Waals surface area contributed by atoms with Crippen molar-refractivity contribution in [3.05, 3.63) is 58.3 Å². The molecule has 20 heavy (non-hydrogen) atoms. The number of hydrogen-bond donors (Lipinski definition) is 1. The molecule has 0 bridgehead atoms. The van der Waals surface area contributed by atoms with Gasteiger partial charge >= 0.3 is 6.09 Å². The van der Waals surface area contributed by atoms with Crippen molar-refractivity contribution in [1.29, 1.82) is 0 Å². The highest BCUT2D eigenvalue weighted by Crippen LogP contribution is 2.24. The van der Waals surface area contributed by atoms with Crippen molar-refractivity contribution >= 4 is 41.2 Å². The number of carbonyl (C=O) groups excluding carboxylic acids is 1. The molecule has 2 aromatic rings. The van der Waals surface area contributed by atoms with Crippen LogP contribution >= 0.6 is 23.2 Å². The predicted octanol–water partition coefficient (Wildman–Crippen LogP) is 3.97. The highest BCUT2D eigenvalue weighted by Gasteiger charge is 2.04. The molecule has 0 aliphatic rings. The number of anilines is 1. The molecular formula is C13H9Cl2N3O2. The summed E-state index contributed by atoms with van der Waals surface area (Å²) < 4.78 is 0. The quantitative estimate of drug-likeness (QED) is 0.530. The first-order valence-corrected chi connectivity index (χ1v) is 6.27. The molecule has 0 saturated carbocycles. The Balaban J connectivity index is 1.89. The summed E-state index contributed by atoms with van der Waals surface area (Å²) in [6, 6.07) is 8.13. The number of pyridine rings is 1. The Morgan fingerprint density at radius 3 is 2.65 bits per heavy atom. The van der Waals surface area contributed by atoms with Crippen LogP contribution in [0.2, 0.25) is 10.0 Å². The van der Waals surface area contributed by atoms with Crippen molar-refractivity contribution in [2.45, 2.75) is 0 Å². The van der Waals surface area contributed by atoms with Gasteiger partial charge in [0.15, 0.2) is 0 Å². The number of benzene rings is 1. The van der Waals surface area contributed by atoms with E-state index in [0.29, 0.717) is 15.7 Å². The van der Waals surface area contributed by atoms with Gasteiger partial charge in [-0.15, -0.1) is 0 Å². The van der Waals surface area contributed by atoms with Crippen LogP contribution in [0.25, 0.3) is 0 Å². The van der Waals surface area contributed by atoms with Gasteiger partial charge in [0.2, 0.25) is 0 Å². The summed E-state index contributed by atoms with van der Waals surface area (Å²) >= 11 is 11.6. The molecule has 0 radical (unpaired) electrons. The average molecular weight is 310 g/mol. The number of rotatable bonds is 3. The number of nitrogens with one attached hydrogen (secondary N) is 1. The average Bonchev–Trinajstić information content (AvgIpc) is 2.44. The minimum atomic E-state index is -0.728. The first-order chi connectivity index (χ1) is 9.65. The molecule has 0 fully saturated rings. The number of aromatic nitrogens is 1. The van der Waals surface area contributed by atoms with Crippen molar-refractivity contribution in [3.8, 4) is 0 Å². The van der Waals surface area contributed by atoms with Crippen molar-refractivity contribution in [3.63, 3.8) is 0 Å². The molecule has 102 valence electrons. The summed E-state index contributed by atoms with van der Waals surface area (Å²) in [6.45, 7) is 0. The van der Waals surface area contributed by atoms with Crippen molar-refractivity contribution in [2.24, 2.45) is 5.16 Å². The molecule has 0 saturated heterocycles. The van der Waals surface area contributed by atoms with E-state index in [1.54, 1.807) is 36.7 Å². The van der Waals surface area contributed by atoms with Crippen LogP contribution in [0.3, 0.4) is 0 Å². The van der Waals surface area contributed by atoms with Gasteiger partial charge in [-0.25, -0.2) is 4.79 Å². The Bertz CT molecular complexity index is 633. The summed E-state index contributed by atoms with van der Waals surface area (Å²) in [6.07, 6.45) is 3.89. The van der Waals surface area contributed by atoms with E-state index in [2.05, 4.69) is 20.3 Å². The Morgan fingerprint density at radius 2 is 1.95 bits per heavy atom. The van der Waals surface area contributed by atoms with Gasteiger partial charge in [-0.3, -0.25) is 15.1 Å². The van der Waals surface area contributed by atoms with Gasteiger partial charge in [-0.05, 0) is 35.9 Å². The van der Waals surface area contributed by atoms with E-state index in [-0.39, 0.29) is 0 Å². The molecule has 1 aromatic heterocycles. The number of nitrogens with zero attached hydrogens (tertiary/aromatic N) is 2. The Hall–Kier alpha value is -2.11. The van der Waals surface area contributed by atoms with Gasteiger partial charge < -0.3 is 0 Å². The maximum atomic E-state index is 11.5. The Labute approximate surface area is 125 Å². The molecule has 0 aliphatic heterocycles. The summed E-state index contributed by atoms with van der Waals surface area (Å²) in [4.78, 5) is 20.0. The van der Waals surface area contributed by atoms with Crippen LogP contribution in [0.4, 0.5) is 10.5 Å². The Morgan fingerprint density at radius 1 is 1.20 bits per heavy atom. The lowest BCUT2D eigenvalue weighted by Gasteiger charge is -2.03. The zero-order chi connectivity index (χ0) is 14.4. The molecule has 5 nitrogen and oxygen atoms in total. The molecule has 7 heteroatoms. The minimum absolute atomic E-state index is 0.338. The van der Waals surface area contributed by atoms with Crippen LogP contribution in [-0.4, -0.2) is 17.3 Å². The summed E-state index contributed by atoms with van der Waals surface area (Å²) in [7, 11) is 0. The fraction of sp³-hybridized carbons (Fsp3) is 0. The standard InChI is InChI=1S/C13H9Cl2N3O2/c14-11-2-1-10(7-12(11)15)18-13(19)20-17-8-9-3-5-16-6-4-9/h1-8H,(H,18,19)/b17-8-. The third-order valence-corrected chi connectivity index (χ3v) is 2.95. The van der Waals surface area contributed by atoms with E-state index >= 15 is 0 Å². The highest BCUT2D eigenvalue weighted by atomic mass is 35.5. The van der Waals surface area contributed by atoms with Crippen LogP contribution in [-0.2, 0) is 4.84 Å². The fourth-order valence-corrected chi connectivity index (χ4v) is 1.60. The smallest absolute Gasteiger partial charge is 0.298 e. The number of oxime groups is 1. The van der Waals surface area contributed by atoms with E-state index in [1.165, 1.54) is 12.3 Å². The van der Waals surface area contributed by atoms with Crippen LogP contribution in [0.15, 0.2) is 47.9 Å². The van der Waals surface area contributed by atoms with Crippen LogP contribution in [0.5, 0.6) is 0 Å². The molecule has 0 atom stereocenters. The number of carbonyl (C=O) groups is 1. The van der Waals surface area contributed by atoms with Gasteiger partial charge in [0.25, 0.3) is 0 Å². The number of hydrogen-bond acceptors (Lipinski definition) is 4. The van der Waals surface area contributed by atoms with Crippen molar-refractivity contribution in [1.82, 2.24) is 4.98 Å². The largest absolute Gasteiger partial charge is 0.437 e. The lowest BCUT2D eigenvalue weighted by Crippen LogP contribution is -2.10. The SMILES string of the molecule is O=C(Nc1ccc(Cl)c(Cl)c1)O/N=C\c1ccncc1.